The van der Waals surface area contributed by atoms with E-state index in [0.717, 1.165) is 12.2 Å². The Morgan fingerprint density at radius 2 is 2.18 bits per heavy atom. The molecule has 0 aliphatic carbocycles. The summed E-state index contributed by atoms with van der Waals surface area (Å²) in [5, 5.41) is 0. The number of benzene rings is 1. The first-order valence-electron chi connectivity index (χ1n) is 5.92. The average molecular weight is 238 g/mol. The summed E-state index contributed by atoms with van der Waals surface area (Å²) in [6.07, 6.45) is 0.894. The summed E-state index contributed by atoms with van der Waals surface area (Å²) in [6, 6.07) is 8.09. The van der Waals surface area contributed by atoms with Crippen molar-refractivity contribution in [2.24, 2.45) is 5.84 Å². The second-order valence-electron chi connectivity index (χ2n) is 3.99. The van der Waals surface area contributed by atoms with Gasteiger partial charge in [0, 0.05) is 6.61 Å². The van der Waals surface area contributed by atoms with Gasteiger partial charge in [-0.05, 0) is 38.0 Å². The van der Waals surface area contributed by atoms with Crippen molar-refractivity contribution in [2.75, 3.05) is 13.7 Å². The van der Waals surface area contributed by atoms with Gasteiger partial charge in [-0.3, -0.25) is 11.3 Å². The molecule has 0 spiro atoms. The first-order valence-corrected chi connectivity index (χ1v) is 5.92. The first kappa shape index (κ1) is 14.0. The summed E-state index contributed by atoms with van der Waals surface area (Å²) < 4.78 is 10.7. The predicted octanol–water partition coefficient (Wildman–Crippen LogP) is 1.49. The van der Waals surface area contributed by atoms with Crippen molar-refractivity contribution in [1.82, 2.24) is 5.43 Å². The molecule has 0 bridgehead atoms. The third-order valence-electron chi connectivity index (χ3n) is 2.80. The van der Waals surface area contributed by atoms with Gasteiger partial charge in [-0.25, -0.2) is 0 Å². The lowest BCUT2D eigenvalue weighted by molar-refractivity contribution is 0.0476. The summed E-state index contributed by atoms with van der Waals surface area (Å²) in [7, 11) is 1.67. The van der Waals surface area contributed by atoms with Crippen molar-refractivity contribution in [3.63, 3.8) is 0 Å². The maximum atomic E-state index is 5.56. The Hall–Kier alpha value is -1.10. The largest absolute Gasteiger partial charge is 0.497 e. The monoisotopic (exact) mass is 238 g/mol. The van der Waals surface area contributed by atoms with Crippen LogP contribution < -0.4 is 16.0 Å². The molecule has 0 saturated heterocycles. The lowest BCUT2D eigenvalue weighted by Crippen LogP contribution is -2.45. The number of ether oxygens (including phenoxy) is 2. The minimum Gasteiger partial charge on any atom is -0.497 e. The van der Waals surface area contributed by atoms with Crippen LogP contribution >= 0.6 is 0 Å². The minimum absolute atomic E-state index is 0.0798. The SMILES string of the molecule is CCOC(C)C(Cc1cccc(OC)c1)NN. The van der Waals surface area contributed by atoms with E-state index < -0.39 is 0 Å². The highest BCUT2D eigenvalue weighted by Gasteiger charge is 2.16. The van der Waals surface area contributed by atoms with E-state index in [1.807, 2.05) is 32.0 Å². The summed E-state index contributed by atoms with van der Waals surface area (Å²) in [4.78, 5) is 0. The Kier molecular flexibility index (Phi) is 5.97. The van der Waals surface area contributed by atoms with Gasteiger partial charge in [0.2, 0.25) is 0 Å². The van der Waals surface area contributed by atoms with Gasteiger partial charge in [0.1, 0.15) is 5.75 Å². The normalized spacial score (nSPS) is 14.4. The Morgan fingerprint density at radius 1 is 1.41 bits per heavy atom. The fourth-order valence-electron chi connectivity index (χ4n) is 1.79. The number of nitrogens with one attached hydrogen (secondary N) is 1. The fourth-order valence-corrected chi connectivity index (χ4v) is 1.79. The summed E-state index contributed by atoms with van der Waals surface area (Å²) in [6.45, 7) is 4.70. The highest BCUT2D eigenvalue weighted by molar-refractivity contribution is 5.29. The van der Waals surface area contributed by atoms with Crippen molar-refractivity contribution >= 4 is 0 Å². The van der Waals surface area contributed by atoms with Gasteiger partial charge in [-0.1, -0.05) is 12.1 Å². The van der Waals surface area contributed by atoms with Crippen LogP contribution in [-0.4, -0.2) is 25.9 Å². The second kappa shape index (κ2) is 7.27. The molecular weight excluding hydrogens is 216 g/mol. The molecule has 4 heteroatoms. The van der Waals surface area contributed by atoms with Crippen LogP contribution in [-0.2, 0) is 11.2 Å². The standard InChI is InChI=1S/C13H22N2O2/c1-4-17-10(2)13(15-14)9-11-6-5-7-12(8-11)16-3/h5-8,10,13,15H,4,9,14H2,1-3H3. The highest BCUT2D eigenvalue weighted by Crippen LogP contribution is 2.15. The van der Waals surface area contributed by atoms with Crippen LogP contribution in [0.4, 0.5) is 0 Å². The number of methoxy groups -OCH3 is 1. The predicted molar refractivity (Wildman–Crippen MR) is 68.9 cm³/mol. The summed E-state index contributed by atoms with van der Waals surface area (Å²) >= 11 is 0. The molecule has 1 aromatic rings. The van der Waals surface area contributed by atoms with Crippen molar-refractivity contribution in [1.29, 1.82) is 0 Å². The van der Waals surface area contributed by atoms with Gasteiger partial charge in [-0.15, -0.1) is 0 Å². The maximum absolute atomic E-state index is 5.56. The maximum Gasteiger partial charge on any atom is 0.119 e. The average Bonchev–Trinajstić information content (AvgIpc) is 2.36. The smallest absolute Gasteiger partial charge is 0.119 e. The summed E-state index contributed by atoms with van der Waals surface area (Å²) in [5.41, 5.74) is 3.99. The Labute approximate surface area is 103 Å². The zero-order valence-corrected chi connectivity index (χ0v) is 10.8. The number of nitrogens with two attached hydrogens (primary N) is 1. The lowest BCUT2D eigenvalue weighted by atomic mass is 10.0. The topological polar surface area (TPSA) is 56.5 Å². The van der Waals surface area contributed by atoms with Crippen molar-refractivity contribution < 1.29 is 9.47 Å². The van der Waals surface area contributed by atoms with Gasteiger partial charge in [-0.2, -0.15) is 0 Å². The van der Waals surface area contributed by atoms with E-state index in [9.17, 15) is 0 Å². The third kappa shape index (κ3) is 4.34. The number of hydrazine groups is 1. The molecule has 17 heavy (non-hydrogen) atoms. The molecule has 0 aliphatic rings. The van der Waals surface area contributed by atoms with E-state index in [4.69, 9.17) is 15.3 Å². The van der Waals surface area contributed by atoms with Crippen LogP contribution in [0.2, 0.25) is 0 Å². The van der Waals surface area contributed by atoms with E-state index >= 15 is 0 Å². The van der Waals surface area contributed by atoms with Crippen molar-refractivity contribution in [3.05, 3.63) is 29.8 Å². The van der Waals surface area contributed by atoms with Gasteiger partial charge in [0.05, 0.1) is 19.3 Å². The molecule has 2 atom stereocenters. The first-order chi connectivity index (χ1) is 8.21. The molecule has 4 nitrogen and oxygen atoms in total. The van der Waals surface area contributed by atoms with E-state index in [2.05, 4.69) is 11.5 Å². The molecule has 0 amide bonds. The molecule has 0 heterocycles. The van der Waals surface area contributed by atoms with Gasteiger partial charge in [0.25, 0.3) is 0 Å². The Balaban J connectivity index is 2.66. The molecule has 0 fully saturated rings. The molecule has 1 rings (SSSR count). The molecule has 96 valence electrons. The van der Waals surface area contributed by atoms with E-state index in [1.165, 1.54) is 5.56 Å². The number of rotatable bonds is 7. The summed E-state index contributed by atoms with van der Waals surface area (Å²) in [5.74, 6) is 6.42. The van der Waals surface area contributed by atoms with Crippen LogP contribution in [0, 0.1) is 0 Å². The molecule has 3 N–H and O–H groups in total. The van der Waals surface area contributed by atoms with Gasteiger partial charge in [0.15, 0.2) is 0 Å². The van der Waals surface area contributed by atoms with Crippen LogP contribution in [0.5, 0.6) is 5.75 Å². The number of hydrogen-bond donors (Lipinski definition) is 2. The molecule has 2 unspecified atom stereocenters. The van der Waals surface area contributed by atoms with Crippen molar-refractivity contribution in [2.45, 2.75) is 32.4 Å². The molecule has 0 aliphatic heterocycles. The van der Waals surface area contributed by atoms with E-state index in [-0.39, 0.29) is 12.1 Å². The zero-order valence-electron chi connectivity index (χ0n) is 10.8. The Morgan fingerprint density at radius 3 is 2.76 bits per heavy atom. The zero-order chi connectivity index (χ0) is 12.7. The number of hydrogen-bond acceptors (Lipinski definition) is 4. The van der Waals surface area contributed by atoms with Crippen molar-refractivity contribution in [3.8, 4) is 5.75 Å². The van der Waals surface area contributed by atoms with Crippen LogP contribution in [0.1, 0.15) is 19.4 Å². The highest BCUT2D eigenvalue weighted by atomic mass is 16.5. The second-order valence-corrected chi connectivity index (χ2v) is 3.99. The van der Waals surface area contributed by atoms with Gasteiger partial charge >= 0.3 is 0 Å². The van der Waals surface area contributed by atoms with Gasteiger partial charge < -0.3 is 9.47 Å². The fraction of sp³-hybridized carbons (Fsp3) is 0.538. The van der Waals surface area contributed by atoms with Crippen LogP contribution in [0.25, 0.3) is 0 Å². The Bertz CT molecular complexity index is 331. The quantitative estimate of drug-likeness (QED) is 0.558. The van der Waals surface area contributed by atoms with E-state index in [0.29, 0.717) is 6.61 Å². The molecule has 0 saturated carbocycles. The third-order valence-corrected chi connectivity index (χ3v) is 2.80. The molecule has 0 radical (unpaired) electrons. The van der Waals surface area contributed by atoms with E-state index in [1.54, 1.807) is 7.11 Å². The molecular formula is C13H22N2O2. The minimum atomic E-state index is 0.0798. The molecule has 1 aromatic carbocycles. The molecule has 0 aromatic heterocycles. The van der Waals surface area contributed by atoms with Crippen LogP contribution in [0.15, 0.2) is 24.3 Å². The lowest BCUT2D eigenvalue weighted by Gasteiger charge is -2.23. The van der Waals surface area contributed by atoms with Crippen LogP contribution in [0.3, 0.4) is 0 Å².